The molecule has 0 bridgehead atoms. The molecule has 21 heavy (non-hydrogen) atoms. The number of nitrogens with one attached hydrogen (secondary N) is 2. The van der Waals surface area contributed by atoms with Crippen LogP contribution in [0.2, 0.25) is 0 Å². The lowest BCUT2D eigenvalue weighted by Gasteiger charge is -2.13. The molecule has 0 heterocycles. The van der Waals surface area contributed by atoms with Crippen molar-refractivity contribution >= 4 is 11.6 Å². The summed E-state index contributed by atoms with van der Waals surface area (Å²) in [5.74, 6) is 0.409. The Morgan fingerprint density at radius 3 is 2.43 bits per heavy atom. The average molecular weight is 282 g/mol. The Bertz CT molecular complexity index is 581. The largest absolute Gasteiger partial charge is 0.387 e. The van der Waals surface area contributed by atoms with Crippen molar-refractivity contribution in [2.45, 2.75) is 19.3 Å². The first-order valence-corrected chi connectivity index (χ1v) is 7.32. The summed E-state index contributed by atoms with van der Waals surface area (Å²) in [7, 11) is 1.82. The molecule has 0 aliphatic carbocycles. The highest BCUT2D eigenvalue weighted by molar-refractivity contribution is 5.99. The molecule has 2 aromatic rings. The molecule has 0 saturated carbocycles. The summed E-state index contributed by atoms with van der Waals surface area (Å²) in [5, 5.41) is 6.04. The predicted octanol–water partition coefficient (Wildman–Crippen LogP) is 3.65. The van der Waals surface area contributed by atoms with E-state index >= 15 is 0 Å². The summed E-state index contributed by atoms with van der Waals surface area (Å²) in [4.78, 5) is 12.2. The predicted molar refractivity (Wildman–Crippen MR) is 87.8 cm³/mol. The third kappa shape index (κ3) is 4.09. The third-order valence-electron chi connectivity index (χ3n) is 3.67. The van der Waals surface area contributed by atoms with Crippen molar-refractivity contribution in [3.05, 3.63) is 65.7 Å². The molecular formula is C18H22N2O. The SMILES string of the molecule is CNc1ccccc1C(=O)NCCC(C)c1ccccc1. The summed E-state index contributed by atoms with van der Waals surface area (Å²) in [6, 6.07) is 17.9. The standard InChI is InChI=1S/C18H22N2O/c1-14(15-8-4-3-5-9-15)12-13-20-18(21)16-10-6-7-11-17(16)19-2/h3-11,14,19H,12-13H2,1-2H3,(H,20,21). The highest BCUT2D eigenvalue weighted by atomic mass is 16.1. The Kier molecular flexibility index (Phi) is 5.38. The van der Waals surface area contributed by atoms with Gasteiger partial charge in [0.15, 0.2) is 0 Å². The zero-order valence-corrected chi connectivity index (χ0v) is 12.6. The number of carbonyl (C=O) groups is 1. The second kappa shape index (κ2) is 7.48. The molecule has 1 atom stereocenters. The van der Waals surface area contributed by atoms with Gasteiger partial charge < -0.3 is 10.6 Å². The van der Waals surface area contributed by atoms with Crippen LogP contribution < -0.4 is 10.6 Å². The molecule has 0 spiro atoms. The van der Waals surface area contributed by atoms with Crippen LogP contribution in [-0.2, 0) is 0 Å². The Morgan fingerprint density at radius 1 is 1.05 bits per heavy atom. The van der Waals surface area contributed by atoms with E-state index in [4.69, 9.17) is 0 Å². The number of hydrogen-bond acceptors (Lipinski definition) is 2. The topological polar surface area (TPSA) is 41.1 Å². The molecule has 2 N–H and O–H groups in total. The van der Waals surface area contributed by atoms with Crippen molar-refractivity contribution < 1.29 is 4.79 Å². The van der Waals surface area contributed by atoms with Crippen molar-refractivity contribution in [1.82, 2.24) is 5.32 Å². The van der Waals surface area contributed by atoms with Gasteiger partial charge in [-0.2, -0.15) is 0 Å². The monoisotopic (exact) mass is 282 g/mol. The van der Waals surface area contributed by atoms with Gasteiger partial charge in [-0.15, -0.1) is 0 Å². The van der Waals surface area contributed by atoms with Crippen LogP contribution in [-0.4, -0.2) is 19.5 Å². The van der Waals surface area contributed by atoms with Gasteiger partial charge in [0.25, 0.3) is 5.91 Å². The number of anilines is 1. The zero-order chi connectivity index (χ0) is 15.1. The van der Waals surface area contributed by atoms with Crippen molar-refractivity contribution in [2.24, 2.45) is 0 Å². The van der Waals surface area contributed by atoms with E-state index in [2.05, 4.69) is 29.7 Å². The molecule has 0 aliphatic heterocycles. The molecule has 110 valence electrons. The molecule has 2 rings (SSSR count). The van der Waals surface area contributed by atoms with Crippen LogP contribution in [0.15, 0.2) is 54.6 Å². The second-order valence-electron chi connectivity index (χ2n) is 5.15. The Morgan fingerprint density at radius 2 is 1.71 bits per heavy atom. The van der Waals surface area contributed by atoms with Crippen LogP contribution in [0.3, 0.4) is 0 Å². The van der Waals surface area contributed by atoms with E-state index in [1.165, 1.54) is 5.56 Å². The van der Waals surface area contributed by atoms with E-state index in [1.54, 1.807) is 0 Å². The first-order chi connectivity index (χ1) is 10.2. The lowest BCUT2D eigenvalue weighted by atomic mass is 9.98. The highest BCUT2D eigenvalue weighted by Crippen LogP contribution is 2.18. The normalized spacial score (nSPS) is 11.7. The van der Waals surface area contributed by atoms with Gasteiger partial charge >= 0.3 is 0 Å². The quantitative estimate of drug-likeness (QED) is 0.849. The fourth-order valence-corrected chi connectivity index (χ4v) is 2.34. The molecular weight excluding hydrogens is 260 g/mol. The van der Waals surface area contributed by atoms with Gasteiger partial charge in [-0.05, 0) is 30.0 Å². The maximum Gasteiger partial charge on any atom is 0.253 e. The lowest BCUT2D eigenvalue weighted by Crippen LogP contribution is -2.26. The maximum absolute atomic E-state index is 12.2. The van der Waals surface area contributed by atoms with Crippen LogP contribution >= 0.6 is 0 Å². The minimum atomic E-state index is -0.0276. The summed E-state index contributed by atoms with van der Waals surface area (Å²) in [6.07, 6.45) is 0.928. The van der Waals surface area contributed by atoms with Gasteiger partial charge in [0, 0.05) is 19.3 Å². The van der Waals surface area contributed by atoms with Crippen molar-refractivity contribution in [2.75, 3.05) is 18.9 Å². The minimum absolute atomic E-state index is 0.0276. The Balaban J connectivity index is 1.87. The molecule has 0 radical (unpaired) electrons. The molecule has 1 amide bonds. The third-order valence-corrected chi connectivity index (χ3v) is 3.67. The number of rotatable bonds is 6. The summed E-state index contributed by atoms with van der Waals surface area (Å²) in [5.41, 5.74) is 2.85. The van der Waals surface area contributed by atoms with E-state index in [1.807, 2.05) is 49.5 Å². The molecule has 3 heteroatoms. The van der Waals surface area contributed by atoms with Gasteiger partial charge in [-0.3, -0.25) is 4.79 Å². The number of para-hydroxylation sites is 1. The summed E-state index contributed by atoms with van der Waals surface area (Å²) in [6.45, 7) is 2.86. The minimum Gasteiger partial charge on any atom is -0.387 e. The van der Waals surface area contributed by atoms with Gasteiger partial charge in [0.05, 0.1) is 5.56 Å². The highest BCUT2D eigenvalue weighted by Gasteiger charge is 2.10. The molecule has 0 aromatic heterocycles. The molecule has 3 nitrogen and oxygen atoms in total. The molecule has 0 aliphatic rings. The maximum atomic E-state index is 12.2. The van der Waals surface area contributed by atoms with Gasteiger partial charge in [-0.25, -0.2) is 0 Å². The lowest BCUT2D eigenvalue weighted by molar-refractivity contribution is 0.0953. The second-order valence-corrected chi connectivity index (χ2v) is 5.15. The van der Waals surface area contributed by atoms with E-state index in [9.17, 15) is 4.79 Å². The number of benzene rings is 2. The van der Waals surface area contributed by atoms with Crippen molar-refractivity contribution in [3.63, 3.8) is 0 Å². The molecule has 0 saturated heterocycles. The van der Waals surface area contributed by atoms with Crippen LogP contribution in [0, 0.1) is 0 Å². The fourth-order valence-electron chi connectivity index (χ4n) is 2.34. The number of carbonyl (C=O) groups excluding carboxylic acids is 1. The van der Waals surface area contributed by atoms with E-state index in [-0.39, 0.29) is 5.91 Å². The molecule has 1 unspecified atom stereocenters. The van der Waals surface area contributed by atoms with E-state index < -0.39 is 0 Å². The van der Waals surface area contributed by atoms with Gasteiger partial charge in [0.2, 0.25) is 0 Å². The average Bonchev–Trinajstić information content (AvgIpc) is 2.55. The van der Waals surface area contributed by atoms with Crippen molar-refractivity contribution in [3.8, 4) is 0 Å². The van der Waals surface area contributed by atoms with Crippen LogP contribution in [0.25, 0.3) is 0 Å². The fraction of sp³-hybridized carbons (Fsp3) is 0.278. The van der Waals surface area contributed by atoms with Crippen LogP contribution in [0.1, 0.15) is 35.2 Å². The smallest absolute Gasteiger partial charge is 0.253 e. The van der Waals surface area contributed by atoms with Crippen molar-refractivity contribution in [1.29, 1.82) is 0 Å². The Labute approximate surface area is 126 Å². The van der Waals surface area contributed by atoms with E-state index in [0.29, 0.717) is 18.0 Å². The van der Waals surface area contributed by atoms with E-state index in [0.717, 1.165) is 12.1 Å². The summed E-state index contributed by atoms with van der Waals surface area (Å²) >= 11 is 0. The van der Waals surface area contributed by atoms with Gasteiger partial charge in [-0.1, -0.05) is 49.4 Å². The van der Waals surface area contributed by atoms with Crippen LogP contribution in [0.5, 0.6) is 0 Å². The molecule has 0 fully saturated rings. The first kappa shape index (κ1) is 15.1. The molecule has 2 aromatic carbocycles. The first-order valence-electron chi connectivity index (χ1n) is 7.32. The Hall–Kier alpha value is -2.29. The number of hydrogen-bond donors (Lipinski definition) is 2. The van der Waals surface area contributed by atoms with Crippen LogP contribution in [0.4, 0.5) is 5.69 Å². The summed E-state index contributed by atoms with van der Waals surface area (Å²) < 4.78 is 0. The van der Waals surface area contributed by atoms with Gasteiger partial charge in [0.1, 0.15) is 0 Å². The zero-order valence-electron chi connectivity index (χ0n) is 12.6. The number of amides is 1.